The van der Waals surface area contributed by atoms with E-state index < -0.39 is 0 Å². The van der Waals surface area contributed by atoms with Crippen LogP contribution in [0.3, 0.4) is 0 Å². The number of hydrogen-bond donors (Lipinski definition) is 0. The predicted molar refractivity (Wildman–Crippen MR) is 99.7 cm³/mol. The molecule has 3 rings (SSSR count). The maximum absolute atomic E-state index is 12.4. The molecule has 0 fully saturated rings. The minimum Gasteiger partial charge on any atom is -0.493 e. The SMILES string of the molecule is Cc1cc(OCCCn2cnc3ccccc3c2=O)c(C)cc1Br. The average molecular weight is 387 g/mol. The van der Waals surface area contributed by atoms with Crippen LogP contribution in [0.4, 0.5) is 0 Å². The quantitative estimate of drug-likeness (QED) is 0.615. The van der Waals surface area contributed by atoms with Crippen LogP contribution in [0.15, 0.2) is 52.0 Å². The van der Waals surface area contributed by atoms with E-state index in [2.05, 4.69) is 27.0 Å². The van der Waals surface area contributed by atoms with Gasteiger partial charge in [0.25, 0.3) is 5.56 Å². The Balaban J connectivity index is 1.64. The maximum Gasteiger partial charge on any atom is 0.261 e. The van der Waals surface area contributed by atoms with E-state index in [0.717, 1.165) is 33.3 Å². The molecule has 0 bridgehead atoms. The molecule has 0 aliphatic heterocycles. The molecule has 4 nitrogen and oxygen atoms in total. The molecule has 3 aromatic rings. The number of halogens is 1. The van der Waals surface area contributed by atoms with E-state index >= 15 is 0 Å². The van der Waals surface area contributed by atoms with Crippen molar-refractivity contribution in [3.63, 3.8) is 0 Å². The number of ether oxygens (including phenoxy) is 1. The second-order valence-electron chi connectivity index (χ2n) is 5.83. The van der Waals surface area contributed by atoms with Crippen LogP contribution in [0.2, 0.25) is 0 Å². The number of benzene rings is 2. The third-order valence-electron chi connectivity index (χ3n) is 3.99. The lowest BCUT2D eigenvalue weighted by Crippen LogP contribution is -2.21. The van der Waals surface area contributed by atoms with E-state index in [0.29, 0.717) is 18.5 Å². The van der Waals surface area contributed by atoms with Gasteiger partial charge in [-0.3, -0.25) is 9.36 Å². The van der Waals surface area contributed by atoms with Gasteiger partial charge in [-0.15, -0.1) is 0 Å². The summed E-state index contributed by atoms with van der Waals surface area (Å²) in [6, 6.07) is 11.5. The van der Waals surface area contributed by atoms with Crippen molar-refractivity contribution >= 4 is 26.8 Å². The van der Waals surface area contributed by atoms with Gasteiger partial charge in [0, 0.05) is 11.0 Å². The lowest BCUT2D eigenvalue weighted by Gasteiger charge is -2.12. The zero-order valence-corrected chi connectivity index (χ0v) is 15.3. The number of para-hydroxylation sites is 1. The molecule has 0 unspecified atom stereocenters. The Morgan fingerprint density at radius 1 is 1.17 bits per heavy atom. The minimum atomic E-state index is -0.00346. The Morgan fingerprint density at radius 3 is 2.79 bits per heavy atom. The van der Waals surface area contributed by atoms with E-state index in [-0.39, 0.29) is 5.56 Å². The summed E-state index contributed by atoms with van der Waals surface area (Å²) in [6.07, 6.45) is 2.36. The molecule has 1 aromatic heterocycles. The first-order valence-corrected chi connectivity index (χ1v) is 8.69. The number of fused-ring (bicyclic) bond motifs is 1. The fourth-order valence-electron chi connectivity index (χ4n) is 2.59. The molecular formula is C19H19BrN2O2. The van der Waals surface area contributed by atoms with Gasteiger partial charge in [-0.2, -0.15) is 0 Å². The average Bonchev–Trinajstić information content (AvgIpc) is 2.58. The topological polar surface area (TPSA) is 44.1 Å². The second-order valence-corrected chi connectivity index (χ2v) is 6.68. The monoisotopic (exact) mass is 386 g/mol. The lowest BCUT2D eigenvalue weighted by atomic mass is 10.1. The van der Waals surface area contributed by atoms with Crippen LogP contribution in [0.25, 0.3) is 10.9 Å². The summed E-state index contributed by atoms with van der Waals surface area (Å²) in [5, 5.41) is 0.653. The van der Waals surface area contributed by atoms with E-state index in [1.165, 1.54) is 0 Å². The molecule has 0 radical (unpaired) electrons. The van der Waals surface area contributed by atoms with E-state index in [4.69, 9.17) is 4.74 Å². The van der Waals surface area contributed by atoms with Crippen LogP contribution in [-0.2, 0) is 6.54 Å². The molecule has 0 saturated carbocycles. The predicted octanol–water partition coefficient (Wildman–Crippen LogP) is 4.24. The first-order chi connectivity index (χ1) is 11.6. The Labute approximate surface area is 149 Å². The van der Waals surface area contributed by atoms with Crippen LogP contribution < -0.4 is 10.3 Å². The standard InChI is InChI=1S/C19H19BrN2O2/c1-13-11-18(14(2)10-16(13)20)24-9-5-8-22-12-21-17-7-4-3-6-15(17)19(22)23/h3-4,6-7,10-12H,5,8-9H2,1-2H3. The Morgan fingerprint density at radius 2 is 1.96 bits per heavy atom. The van der Waals surface area contributed by atoms with Crippen molar-refractivity contribution in [3.05, 3.63) is 68.7 Å². The molecular weight excluding hydrogens is 368 g/mol. The number of rotatable bonds is 5. The minimum absolute atomic E-state index is 0.00346. The first-order valence-electron chi connectivity index (χ1n) is 7.90. The van der Waals surface area contributed by atoms with Gasteiger partial charge in [-0.05, 0) is 55.7 Å². The van der Waals surface area contributed by atoms with Gasteiger partial charge in [0.05, 0.1) is 23.8 Å². The first kappa shape index (κ1) is 16.7. The molecule has 5 heteroatoms. The van der Waals surface area contributed by atoms with Gasteiger partial charge in [-0.1, -0.05) is 28.1 Å². The van der Waals surface area contributed by atoms with Gasteiger partial charge in [0.15, 0.2) is 0 Å². The summed E-state index contributed by atoms with van der Waals surface area (Å²) < 4.78 is 8.59. The lowest BCUT2D eigenvalue weighted by molar-refractivity contribution is 0.298. The highest BCUT2D eigenvalue weighted by Gasteiger charge is 2.05. The Kier molecular flexibility index (Phi) is 5.00. The Bertz CT molecular complexity index is 934. The summed E-state index contributed by atoms with van der Waals surface area (Å²) >= 11 is 3.52. The molecule has 24 heavy (non-hydrogen) atoms. The van der Waals surface area contributed by atoms with Crippen LogP contribution in [0, 0.1) is 13.8 Å². The summed E-state index contributed by atoms with van der Waals surface area (Å²) in [7, 11) is 0. The summed E-state index contributed by atoms with van der Waals surface area (Å²) in [6.45, 7) is 5.21. The van der Waals surface area contributed by atoms with Crippen LogP contribution >= 0.6 is 15.9 Å². The van der Waals surface area contributed by atoms with Gasteiger partial charge < -0.3 is 4.74 Å². The van der Waals surface area contributed by atoms with Crippen molar-refractivity contribution in [1.82, 2.24) is 9.55 Å². The fourth-order valence-corrected chi connectivity index (χ4v) is 3.05. The second kappa shape index (κ2) is 7.18. The van der Waals surface area contributed by atoms with Crippen molar-refractivity contribution in [3.8, 4) is 5.75 Å². The molecule has 0 aliphatic carbocycles. The zero-order valence-electron chi connectivity index (χ0n) is 13.8. The van der Waals surface area contributed by atoms with Gasteiger partial charge in [-0.25, -0.2) is 4.98 Å². The van der Waals surface area contributed by atoms with E-state index in [9.17, 15) is 4.79 Å². The van der Waals surface area contributed by atoms with Crippen molar-refractivity contribution < 1.29 is 4.74 Å². The molecule has 0 atom stereocenters. The molecule has 0 aliphatic rings. The summed E-state index contributed by atoms with van der Waals surface area (Å²) in [5.41, 5.74) is 2.97. The molecule has 2 aromatic carbocycles. The third kappa shape index (κ3) is 3.51. The van der Waals surface area contributed by atoms with Gasteiger partial charge in [0.2, 0.25) is 0 Å². The molecule has 0 amide bonds. The molecule has 0 N–H and O–H groups in total. The largest absolute Gasteiger partial charge is 0.493 e. The number of hydrogen-bond acceptors (Lipinski definition) is 3. The van der Waals surface area contributed by atoms with Crippen molar-refractivity contribution in [2.24, 2.45) is 0 Å². The maximum atomic E-state index is 12.4. The number of nitrogens with zero attached hydrogens (tertiary/aromatic N) is 2. The Hall–Kier alpha value is -2.14. The molecule has 1 heterocycles. The smallest absolute Gasteiger partial charge is 0.261 e. The normalized spacial score (nSPS) is 11.0. The molecule has 124 valence electrons. The highest BCUT2D eigenvalue weighted by Crippen LogP contribution is 2.26. The van der Waals surface area contributed by atoms with E-state index in [1.807, 2.05) is 44.2 Å². The summed E-state index contributed by atoms with van der Waals surface area (Å²) in [4.78, 5) is 16.7. The third-order valence-corrected chi connectivity index (χ3v) is 4.84. The van der Waals surface area contributed by atoms with Crippen molar-refractivity contribution in [2.45, 2.75) is 26.8 Å². The highest BCUT2D eigenvalue weighted by molar-refractivity contribution is 9.10. The number of aryl methyl sites for hydroxylation is 3. The van der Waals surface area contributed by atoms with Crippen LogP contribution in [0.5, 0.6) is 5.75 Å². The fraction of sp³-hybridized carbons (Fsp3) is 0.263. The number of aromatic nitrogens is 2. The highest BCUT2D eigenvalue weighted by atomic mass is 79.9. The molecule has 0 spiro atoms. The molecule has 0 saturated heterocycles. The van der Waals surface area contributed by atoms with Crippen molar-refractivity contribution in [1.29, 1.82) is 0 Å². The van der Waals surface area contributed by atoms with Gasteiger partial charge >= 0.3 is 0 Å². The van der Waals surface area contributed by atoms with Crippen molar-refractivity contribution in [2.75, 3.05) is 6.61 Å². The van der Waals surface area contributed by atoms with Crippen LogP contribution in [-0.4, -0.2) is 16.2 Å². The van der Waals surface area contributed by atoms with Gasteiger partial charge in [0.1, 0.15) is 5.75 Å². The summed E-state index contributed by atoms with van der Waals surface area (Å²) in [5.74, 6) is 0.889. The van der Waals surface area contributed by atoms with Crippen LogP contribution in [0.1, 0.15) is 17.5 Å². The zero-order chi connectivity index (χ0) is 17.1. The van der Waals surface area contributed by atoms with E-state index in [1.54, 1.807) is 10.9 Å².